The van der Waals surface area contributed by atoms with Gasteiger partial charge < -0.3 is 4.74 Å². The van der Waals surface area contributed by atoms with Crippen molar-refractivity contribution in [1.29, 1.82) is 0 Å². The minimum absolute atomic E-state index is 0.275. The molecule has 0 aliphatic rings. The second kappa shape index (κ2) is 7.57. The molecule has 0 spiro atoms. The Hall–Kier alpha value is -1.83. The van der Waals surface area contributed by atoms with Crippen LogP contribution < -0.4 is 0 Å². The van der Waals surface area contributed by atoms with Gasteiger partial charge in [0.15, 0.2) is 0 Å². The molecule has 0 fully saturated rings. The van der Waals surface area contributed by atoms with Crippen molar-refractivity contribution in [1.82, 2.24) is 0 Å². The van der Waals surface area contributed by atoms with Crippen molar-refractivity contribution in [3.8, 4) is 0 Å². The first-order valence-electron chi connectivity index (χ1n) is 6.59. The quantitative estimate of drug-likeness (QED) is 0.432. The van der Waals surface area contributed by atoms with Gasteiger partial charge in [-0.15, -0.1) is 6.58 Å². The van der Waals surface area contributed by atoms with Gasteiger partial charge >= 0.3 is 5.97 Å². The Bertz CT molecular complexity index is 455. The normalized spacial score (nSPS) is 12.0. The monoisotopic (exact) mass is 258 g/mol. The summed E-state index contributed by atoms with van der Waals surface area (Å²) in [6, 6.07) is 10.2. The molecule has 0 aromatic heterocycles. The lowest BCUT2D eigenvalue weighted by molar-refractivity contribution is -0.137. The Morgan fingerprint density at radius 3 is 2.42 bits per heavy atom. The molecule has 1 aromatic carbocycles. The summed E-state index contributed by atoms with van der Waals surface area (Å²) in [4.78, 5) is 11.2. The van der Waals surface area contributed by atoms with E-state index in [0.29, 0.717) is 12.3 Å². The number of hydrogen-bond acceptors (Lipinski definition) is 2. The fraction of sp³-hybridized carbons (Fsp3) is 0.353. The average molecular weight is 258 g/mol. The molecule has 0 bridgehead atoms. The molecule has 0 atom stereocenters. The third-order valence-corrected chi connectivity index (χ3v) is 2.89. The highest BCUT2D eigenvalue weighted by atomic mass is 16.5. The molecule has 0 unspecified atom stereocenters. The number of hydrogen-bond donors (Lipinski definition) is 0. The summed E-state index contributed by atoms with van der Waals surface area (Å²) in [7, 11) is 0. The molecule has 19 heavy (non-hydrogen) atoms. The predicted octanol–water partition coefficient (Wildman–Crippen LogP) is 4.28. The summed E-state index contributed by atoms with van der Waals surface area (Å²) in [5, 5.41) is 0. The van der Waals surface area contributed by atoms with Crippen LogP contribution in [-0.2, 0) is 16.0 Å². The van der Waals surface area contributed by atoms with Crippen LogP contribution in [0.4, 0.5) is 0 Å². The summed E-state index contributed by atoms with van der Waals surface area (Å²) in [6.45, 7) is 9.40. The summed E-state index contributed by atoms with van der Waals surface area (Å²) in [6.07, 6.45) is 3.15. The van der Waals surface area contributed by atoms with Gasteiger partial charge in [0.2, 0.25) is 0 Å². The largest absolute Gasteiger partial charge is 0.431 e. The van der Waals surface area contributed by atoms with E-state index >= 15 is 0 Å². The zero-order valence-corrected chi connectivity index (χ0v) is 12.0. The van der Waals surface area contributed by atoms with Crippen LogP contribution in [0.2, 0.25) is 0 Å². The minimum Gasteiger partial charge on any atom is -0.431 e. The van der Waals surface area contributed by atoms with Crippen LogP contribution in [0.3, 0.4) is 0 Å². The van der Waals surface area contributed by atoms with E-state index in [9.17, 15) is 4.79 Å². The molecule has 0 radical (unpaired) electrons. The van der Waals surface area contributed by atoms with Gasteiger partial charge in [0.1, 0.15) is 5.76 Å². The topological polar surface area (TPSA) is 26.3 Å². The minimum atomic E-state index is -0.275. The lowest BCUT2D eigenvalue weighted by atomic mass is 9.93. The van der Waals surface area contributed by atoms with Crippen molar-refractivity contribution in [3.63, 3.8) is 0 Å². The maximum Gasteiger partial charge on any atom is 0.307 e. The van der Waals surface area contributed by atoms with Gasteiger partial charge in [0.05, 0.1) is 0 Å². The lowest BCUT2D eigenvalue weighted by Crippen LogP contribution is -2.08. The zero-order chi connectivity index (χ0) is 14.3. The van der Waals surface area contributed by atoms with Gasteiger partial charge in [0, 0.05) is 13.3 Å². The maximum absolute atomic E-state index is 11.2. The molecule has 0 heterocycles. The standard InChI is InChI=1S/C17H22O2/c1-5-9-17(19-14(4)18)16(13(2)3)12-15-10-7-6-8-11-15/h5-8,10-11,13H,1,9,12H2,2-4H3/b17-16+. The Kier molecular flexibility index (Phi) is 6.07. The lowest BCUT2D eigenvalue weighted by Gasteiger charge is -2.17. The van der Waals surface area contributed by atoms with Crippen molar-refractivity contribution in [2.45, 2.75) is 33.6 Å². The molecule has 0 saturated heterocycles. The Balaban J connectivity index is 3.06. The molecule has 1 aromatic rings. The molecule has 2 nitrogen and oxygen atoms in total. The highest BCUT2D eigenvalue weighted by Crippen LogP contribution is 2.23. The third kappa shape index (κ3) is 5.12. The summed E-state index contributed by atoms with van der Waals surface area (Å²) >= 11 is 0. The predicted molar refractivity (Wildman–Crippen MR) is 78.6 cm³/mol. The molecule has 0 saturated carbocycles. The van der Waals surface area contributed by atoms with Crippen molar-refractivity contribution in [2.75, 3.05) is 0 Å². The second-order valence-corrected chi connectivity index (χ2v) is 4.85. The fourth-order valence-corrected chi connectivity index (χ4v) is 1.98. The molecular formula is C17H22O2. The van der Waals surface area contributed by atoms with Crippen molar-refractivity contribution < 1.29 is 9.53 Å². The molecule has 0 aliphatic heterocycles. The first-order valence-corrected chi connectivity index (χ1v) is 6.59. The number of carbonyl (C=O) groups excluding carboxylic acids is 1. The van der Waals surface area contributed by atoms with Crippen molar-refractivity contribution in [2.24, 2.45) is 5.92 Å². The van der Waals surface area contributed by atoms with Crippen LogP contribution >= 0.6 is 0 Å². The van der Waals surface area contributed by atoms with Crippen LogP contribution in [0, 0.1) is 5.92 Å². The van der Waals surface area contributed by atoms with E-state index in [1.165, 1.54) is 12.5 Å². The fourth-order valence-electron chi connectivity index (χ4n) is 1.98. The van der Waals surface area contributed by atoms with Crippen LogP contribution in [0.25, 0.3) is 0 Å². The molecule has 102 valence electrons. The van der Waals surface area contributed by atoms with E-state index in [4.69, 9.17) is 4.74 Å². The second-order valence-electron chi connectivity index (χ2n) is 4.85. The van der Waals surface area contributed by atoms with Crippen LogP contribution in [0.5, 0.6) is 0 Å². The van der Waals surface area contributed by atoms with Gasteiger partial charge in [-0.05, 0) is 23.5 Å². The van der Waals surface area contributed by atoms with Crippen molar-refractivity contribution in [3.05, 3.63) is 59.9 Å². The van der Waals surface area contributed by atoms with E-state index in [1.54, 1.807) is 6.08 Å². The van der Waals surface area contributed by atoms with E-state index in [0.717, 1.165) is 17.8 Å². The number of rotatable bonds is 6. The Labute approximate surface area is 115 Å². The van der Waals surface area contributed by atoms with Crippen LogP contribution in [0.15, 0.2) is 54.3 Å². The number of ether oxygens (including phenoxy) is 1. The molecule has 0 aliphatic carbocycles. The summed E-state index contributed by atoms with van der Waals surface area (Å²) in [5.74, 6) is 0.791. The Morgan fingerprint density at radius 2 is 1.95 bits per heavy atom. The number of benzene rings is 1. The molecule has 1 rings (SSSR count). The number of carbonyl (C=O) groups is 1. The Morgan fingerprint density at radius 1 is 1.32 bits per heavy atom. The molecular weight excluding hydrogens is 236 g/mol. The SMILES string of the molecule is C=CC/C(OC(C)=O)=C(/Cc1ccccc1)C(C)C. The maximum atomic E-state index is 11.2. The number of allylic oxidation sites excluding steroid dienone is 2. The zero-order valence-electron chi connectivity index (χ0n) is 12.0. The molecule has 2 heteroatoms. The first-order chi connectivity index (χ1) is 9.04. The average Bonchev–Trinajstić information content (AvgIpc) is 2.36. The van der Waals surface area contributed by atoms with Crippen LogP contribution in [-0.4, -0.2) is 5.97 Å². The van der Waals surface area contributed by atoms with E-state index in [-0.39, 0.29) is 5.97 Å². The van der Waals surface area contributed by atoms with Gasteiger partial charge in [0.25, 0.3) is 0 Å². The smallest absolute Gasteiger partial charge is 0.307 e. The number of esters is 1. The van der Waals surface area contributed by atoms with Gasteiger partial charge in [-0.25, -0.2) is 0 Å². The van der Waals surface area contributed by atoms with Gasteiger partial charge in [-0.2, -0.15) is 0 Å². The van der Waals surface area contributed by atoms with Crippen LogP contribution in [0.1, 0.15) is 32.8 Å². The highest BCUT2D eigenvalue weighted by Gasteiger charge is 2.14. The summed E-state index contributed by atoms with van der Waals surface area (Å²) in [5.41, 5.74) is 2.38. The highest BCUT2D eigenvalue weighted by molar-refractivity contribution is 5.67. The van der Waals surface area contributed by atoms with Crippen molar-refractivity contribution >= 4 is 5.97 Å². The van der Waals surface area contributed by atoms with E-state index < -0.39 is 0 Å². The molecule has 0 amide bonds. The first kappa shape index (κ1) is 15.2. The van der Waals surface area contributed by atoms with Gasteiger partial charge in [-0.1, -0.05) is 50.3 Å². The summed E-state index contributed by atoms with van der Waals surface area (Å²) < 4.78 is 5.36. The molecule has 0 N–H and O–H groups in total. The third-order valence-electron chi connectivity index (χ3n) is 2.89. The van der Waals surface area contributed by atoms with Gasteiger partial charge in [-0.3, -0.25) is 4.79 Å². The van der Waals surface area contributed by atoms with E-state index in [2.05, 4.69) is 32.6 Å². The van der Waals surface area contributed by atoms with E-state index in [1.807, 2.05) is 18.2 Å².